The van der Waals surface area contributed by atoms with Gasteiger partial charge in [0.1, 0.15) is 11.5 Å². The van der Waals surface area contributed by atoms with Gasteiger partial charge in [0.15, 0.2) is 6.61 Å². The lowest BCUT2D eigenvalue weighted by molar-refractivity contribution is -0.145. The van der Waals surface area contributed by atoms with Gasteiger partial charge in [-0.25, -0.2) is 0 Å². The van der Waals surface area contributed by atoms with E-state index in [0.29, 0.717) is 17.3 Å². The smallest absolute Gasteiger partial charge is 0.306 e. The first-order valence-corrected chi connectivity index (χ1v) is 9.43. The van der Waals surface area contributed by atoms with E-state index in [9.17, 15) is 4.79 Å². The van der Waals surface area contributed by atoms with Crippen LogP contribution in [0.25, 0.3) is 22.8 Å². The molecule has 6 nitrogen and oxygen atoms in total. The average Bonchev–Trinajstić information content (AvgIpc) is 3.42. The SMILES string of the molecule is O=C(CCc1ccc(-c2ccccc2)o1)OCc1nnc(-c2ccc(Cl)cc2)o1. The molecule has 0 aliphatic heterocycles. The summed E-state index contributed by atoms with van der Waals surface area (Å²) in [7, 11) is 0. The first kappa shape index (κ1) is 19.0. The molecule has 0 N–H and O–H groups in total. The molecule has 146 valence electrons. The van der Waals surface area contributed by atoms with Crippen molar-refractivity contribution in [1.29, 1.82) is 0 Å². The zero-order chi connectivity index (χ0) is 20.1. The van der Waals surface area contributed by atoms with E-state index >= 15 is 0 Å². The van der Waals surface area contributed by atoms with Crippen LogP contribution in [0.4, 0.5) is 0 Å². The third-order valence-corrected chi connectivity index (χ3v) is 4.46. The number of hydrogen-bond acceptors (Lipinski definition) is 6. The Balaban J connectivity index is 1.27. The summed E-state index contributed by atoms with van der Waals surface area (Å²) < 4.78 is 16.5. The van der Waals surface area contributed by atoms with E-state index in [2.05, 4.69) is 10.2 Å². The molecule has 0 saturated carbocycles. The fourth-order valence-corrected chi connectivity index (χ4v) is 2.86. The Morgan fingerprint density at radius 3 is 2.48 bits per heavy atom. The molecule has 0 aliphatic carbocycles. The van der Waals surface area contributed by atoms with Crippen molar-refractivity contribution in [1.82, 2.24) is 10.2 Å². The fraction of sp³-hybridized carbons (Fsp3) is 0.136. The molecule has 0 saturated heterocycles. The Morgan fingerprint density at radius 1 is 0.897 bits per heavy atom. The van der Waals surface area contributed by atoms with Gasteiger partial charge in [0.25, 0.3) is 5.89 Å². The maximum Gasteiger partial charge on any atom is 0.306 e. The topological polar surface area (TPSA) is 78.4 Å². The van der Waals surface area contributed by atoms with Crippen LogP contribution in [0, 0.1) is 0 Å². The summed E-state index contributed by atoms with van der Waals surface area (Å²) in [5.74, 6) is 1.71. The zero-order valence-electron chi connectivity index (χ0n) is 15.4. The van der Waals surface area contributed by atoms with E-state index in [1.54, 1.807) is 24.3 Å². The van der Waals surface area contributed by atoms with Gasteiger partial charge in [-0.1, -0.05) is 41.9 Å². The minimum atomic E-state index is -0.367. The molecule has 0 fully saturated rings. The maximum absolute atomic E-state index is 12.0. The van der Waals surface area contributed by atoms with E-state index in [-0.39, 0.29) is 24.9 Å². The Kier molecular flexibility index (Phi) is 5.72. The molecule has 2 heterocycles. The van der Waals surface area contributed by atoms with E-state index in [0.717, 1.165) is 22.6 Å². The second kappa shape index (κ2) is 8.75. The Hall–Kier alpha value is -3.38. The Labute approximate surface area is 172 Å². The quantitative estimate of drug-likeness (QED) is 0.385. The molecule has 0 spiro atoms. The second-order valence-electron chi connectivity index (χ2n) is 6.30. The van der Waals surface area contributed by atoms with Gasteiger partial charge in [0.2, 0.25) is 5.89 Å². The van der Waals surface area contributed by atoms with Gasteiger partial charge in [0, 0.05) is 22.6 Å². The van der Waals surface area contributed by atoms with Gasteiger partial charge < -0.3 is 13.6 Å². The Morgan fingerprint density at radius 2 is 1.69 bits per heavy atom. The lowest BCUT2D eigenvalue weighted by Gasteiger charge is -2.01. The predicted molar refractivity (Wildman–Crippen MR) is 107 cm³/mol. The molecule has 4 rings (SSSR count). The monoisotopic (exact) mass is 408 g/mol. The first-order chi connectivity index (χ1) is 14.2. The molecular weight excluding hydrogens is 392 g/mol. The van der Waals surface area contributed by atoms with Crippen molar-refractivity contribution in [2.75, 3.05) is 0 Å². The fourth-order valence-electron chi connectivity index (χ4n) is 2.73. The summed E-state index contributed by atoms with van der Waals surface area (Å²) in [6.07, 6.45) is 0.644. The normalized spacial score (nSPS) is 10.8. The molecule has 0 amide bonds. The van der Waals surface area contributed by atoms with Gasteiger partial charge >= 0.3 is 5.97 Å². The highest BCUT2D eigenvalue weighted by molar-refractivity contribution is 6.30. The number of furan rings is 1. The number of carbonyl (C=O) groups excluding carboxylic acids is 1. The van der Waals surface area contributed by atoms with Crippen LogP contribution < -0.4 is 0 Å². The first-order valence-electron chi connectivity index (χ1n) is 9.05. The average molecular weight is 409 g/mol. The molecule has 7 heteroatoms. The van der Waals surface area contributed by atoms with Crippen molar-refractivity contribution < 1.29 is 18.4 Å². The number of aryl methyl sites for hydroxylation is 1. The van der Waals surface area contributed by atoms with E-state index in [1.165, 1.54) is 0 Å². The number of carbonyl (C=O) groups is 1. The van der Waals surface area contributed by atoms with Gasteiger partial charge in [-0.2, -0.15) is 0 Å². The highest BCUT2D eigenvalue weighted by Gasteiger charge is 2.12. The summed E-state index contributed by atoms with van der Waals surface area (Å²) in [5.41, 5.74) is 1.74. The molecule has 2 aromatic heterocycles. The summed E-state index contributed by atoms with van der Waals surface area (Å²) >= 11 is 5.86. The lowest BCUT2D eigenvalue weighted by Crippen LogP contribution is -2.05. The highest BCUT2D eigenvalue weighted by atomic mass is 35.5. The lowest BCUT2D eigenvalue weighted by atomic mass is 10.2. The maximum atomic E-state index is 12.0. The summed E-state index contributed by atoms with van der Waals surface area (Å²) in [4.78, 5) is 12.0. The van der Waals surface area contributed by atoms with Crippen molar-refractivity contribution in [3.05, 3.63) is 83.4 Å². The van der Waals surface area contributed by atoms with Crippen LogP contribution in [-0.4, -0.2) is 16.2 Å². The molecule has 2 aromatic carbocycles. The van der Waals surface area contributed by atoms with Crippen molar-refractivity contribution in [3.8, 4) is 22.8 Å². The molecule has 0 atom stereocenters. The van der Waals surface area contributed by atoms with Crippen molar-refractivity contribution in [2.45, 2.75) is 19.4 Å². The molecule has 0 aliphatic rings. The number of rotatable bonds is 7. The number of benzene rings is 2. The molecular formula is C22H17ClN2O4. The van der Waals surface area contributed by atoms with Crippen LogP contribution in [0.2, 0.25) is 5.02 Å². The van der Waals surface area contributed by atoms with Crippen LogP contribution in [0.15, 0.2) is 75.6 Å². The second-order valence-corrected chi connectivity index (χ2v) is 6.74. The van der Waals surface area contributed by atoms with Gasteiger partial charge in [-0.15, -0.1) is 10.2 Å². The minimum absolute atomic E-state index is 0.0765. The third kappa shape index (κ3) is 4.92. The van der Waals surface area contributed by atoms with Gasteiger partial charge in [0.05, 0.1) is 6.42 Å². The zero-order valence-corrected chi connectivity index (χ0v) is 16.1. The van der Waals surface area contributed by atoms with Crippen LogP contribution in [0.3, 0.4) is 0 Å². The van der Waals surface area contributed by atoms with Crippen LogP contribution >= 0.6 is 11.6 Å². The Bertz CT molecular complexity index is 1090. The minimum Gasteiger partial charge on any atom is -0.461 e. The van der Waals surface area contributed by atoms with Crippen LogP contribution in [0.5, 0.6) is 0 Å². The molecule has 4 aromatic rings. The summed E-state index contributed by atoms with van der Waals surface area (Å²) in [6.45, 7) is -0.0765. The number of ether oxygens (including phenoxy) is 1. The van der Waals surface area contributed by atoms with Gasteiger partial charge in [-0.3, -0.25) is 4.79 Å². The van der Waals surface area contributed by atoms with Crippen molar-refractivity contribution in [3.63, 3.8) is 0 Å². The van der Waals surface area contributed by atoms with E-state index in [1.807, 2.05) is 42.5 Å². The number of aromatic nitrogens is 2. The number of hydrogen-bond donors (Lipinski definition) is 0. The third-order valence-electron chi connectivity index (χ3n) is 4.21. The number of esters is 1. The largest absolute Gasteiger partial charge is 0.461 e. The molecule has 0 bridgehead atoms. The number of halogens is 1. The molecule has 0 radical (unpaired) electrons. The molecule has 0 unspecified atom stereocenters. The number of nitrogens with zero attached hydrogens (tertiary/aromatic N) is 2. The molecule has 29 heavy (non-hydrogen) atoms. The summed E-state index contributed by atoms with van der Waals surface area (Å²) in [6, 6.07) is 20.6. The summed E-state index contributed by atoms with van der Waals surface area (Å²) in [5, 5.41) is 8.47. The van der Waals surface area contributed by atoms with Crippen LogP contribution in [-0.2, 0) is 22.6 Å². The van der Waals surface area contributed by atoms with Crippen LogP contribution in [0.1, 0.15) is 18.1 Å². The van der Waals surface area contributed by atoms with E-state index in [4.69, 9.17) is 25.2 Å². The highest BCUT2D eigenvalue weighted by Crippen LogP contribution is 2.23. The van der Waals surface area contributed by atoms with Gasteiger partial charge in [-0.05, 0) is 36.4 Å². The standard InChI is InChI=1S/C22H17ClN2O4/c23-17-8-6-16(7-9-17)22-25-24-20(29-22)14-27-21(26)13-11-18-10-12-19(28-18)15-4-2-1-3-5-15/h1-10,12H,11,13-14H2. The van der Waals surface area contributed by atoms with Crippen molar-refractivity contribution >= 4 is 17.6 Å². The van der Waals surface area contributed by atoms with Crippen molar-refractivity contribution in [2.24, 2.45) is 0 Å². The van der Waals surface area contributed by atoms with E-state index < -0.39 is 0 Å². The predicted octanol–water partition coefficient (Wildman–Crippen LogP) is 5.33.